The van der Waals surface area contributed by atoms with E-state index in [1.54, 1.807) is 6.07 Å². The van der Waals surface area contributed by atoms with Gasteiger partial charge in [0, 0.05) is 20.4 Å². The molecule has 0 saturated carbocycles. The molecule has 0 spiro atoms. The summed E-state index contributed by atoms with van der Waals surface area (Å²) in [6, 6.07) is 4.50. The van der Waals surface area contributed by atoms with E-state index in [1.165, 1.54) is 31.0 Å². The molecule has 1 aromatic heterocycles. The molecule has 0 bridgehead atoms. The molecule has 0 saturated heterocycles. The van der Waals surface area contributed by atoms with Gasteiger partial charge >= 0.3 is 0 Å². The Labute approximate surface area is 164 Å². The molecule has 0 aliphatic carbocycles. The Bertz CT molecular complexity index is 970. The van der Waals surface area contributed by atoms with Crippen LogP contribution in [0.5, 0.6) is 5.75 Å². The predicted molar refractivity (Wildman–Crippen MR) is 101 cm³/mol. The van der Waals surface area contributed by atoms with Crippen LogP contribution in [-0.4, -0.2) is 49.0 Å². The molecule has 3 rings (SSSR count). The zero-order chi connectivity index (χ0) is 20.5. The van der Waals surface area contributed by atoms with Crippen LogP contribution in [0.15, 0.2) is 27.6 Å². The van der Waals surface area contributed by atoms with E-state index in [0.29, 0.717) is 48.6 Å². The van der Waals surface area contributed by atoms with Gasteiger partial charge in [-0.05, 0) is 24.1 Å². The van der Waals surface area contributed by atoms with E-state index < -0.39 is 10.0 Å². The maximum atomic E-state index is 13.0. The number of sulfonamides is 1. The van der Waals surface area contributed by atoms with Crippen molar-refractivity contribution < 1.29 is 22.5 Å². The van der Waals surface area contributed by atoms with Crippen molar-refractivity contribution in [3.8, 4) is 5.75 Å². The highest BCUT2D eigenvalue weighted by molar-refractivity contribution is 7.89. The van der Waals surface area contributed by atoms with Gasteiger partial charge in [0.05, 0.1) is 23.7 Å². The number of anilines is 1. The summed E-state index contributed by atoms with van der Waals surface area (Å²) in [6.45, 7) is 6.23. The topological polar surface area (TPSA) is 106 Å². The molecule has 152 valence electrons. The van der Waals surface area contributed by atoms with Crippen molar-refractivity contribution in [2.24, 2.45) is 5.92 Å². The van der Waals surface area contributed by atoms with E-state index in [9.17, 15) is 13.2 Å². The number of carbonyl (C=O) groups is 1. The second-order valence-corrected chi connectivity index (χ2v) is 9.16. The minimum atomic E-state index is -3.82. The molecule has 1 amide bonds. The standard InChI is InChI=1S/C18H24N4O5S/c1-12(2)9-18-19-17(20-27-18)11-21(4)28(24,25)14-5-6-16-15(10-14)22(13(3)23)7-8-26-16/h5-6,10,12H,7-9,11H2,1-4H3. The number of nitrogens with zero attached hydrogens (tertiary/aromatic N) is 4. The number of hydrogen-bond donors (Lipinski definition) is 0. The Hall–Kier alpha value is -2.46. The van der Waals surface area contributed by atoms with Gasteiger partial charge in [0.25, 0.3) is 0 Å². The number of ether oxygens (including phenoxy) is 1. The van der Waals surface area contributed by atoms with Crippen molar-refractivity contribution in [3.05, 3.63) is 29.9 Å². The van der Waals surface area contributed by atoms with Gasteiger partial charge in [0.1, 0.15) is 12.4 Å². The van der Waals surface area contributed by atoms with Crippen LogP contribution in [0.2, 0.25) is 0 Å². The van der Waals surface area contributed by atoms with E-state index in [-0.39, 0.29) is 17.3 Å². The van der Waals surface area contributed by atoms with Gasteiger partial charge < -0.3 is 14.2 Å². The molecule has 2 heterocycles. The average Bonchev–Trinajstić information content (AvgIpc) is 3.06. The molecule has 1 aromatic carbocycles. The largest absolute Gasteiger partial charge is 0.490 e. The molecule has 0 fully saturated rings. The molecule has 0 atom stereocenters. The SMILES string of the molecule is CC(=O)N1CCOc2ccc(S(=O)(=O)N(C)Cc3noc(CC(C)C)n3)cc21. The van der Waals surface area contributed by atoms with Crippen molar-refractivity contribution >= 4 is 21.6 Å². The number of amides is 1. The highest BCUT2D eigenvalue weighted by Crippen LogP contribution is 2.34. The van der Waals surface area contributed by atoms with E-state index in [2.05, 4.69) is 10.1 Å². The number of benzene rings is 1. The summed E-state index contributed by atoms with van der Waals surface area (Å²) < 4.78 is 37.8. The van der Waals surface area contributed by atoms with Crippen molar-refractivity contribution in [1.29, 1.82) is 0 Å². The van der Waals surface area contributed by atoms with Crippen LogP contribution in [0.3, 0.4) is 0 Å². The molecule has 1 aliphatic heterocycles. The molecule has 2 aromatic rings. The molecule has 0 unspecified atom stereocenters. The molecule has 10 heteroatoms. The Morgan fingerprint density at radius 1 is 1.36 bits per heavy atom. The summed E-state index contributed by atoms with van der Waals surface area (Å²) in [5, 5.41) is 3.86. The summed E-state index contributed by atoms with van der Waals surface area (Å²) in [6.07, 6.45) is 0.634. The van der Waals surface area contributed by atoms with Gasteiger partial charge in [-0.25, -0.2) is 8.42 Å². The molecular formula is C18H24N4O5S. The predicted octanol–water partition coefficient (Wildman–Crippen LogP) is 1.83. The van der Waals surface area contributed by atoms with Crippen LogP contribution in [0.25, 0.3) is 0 Å². The fourth-order valence-electron chi connectivity index (χ4n) is 2.94. The summed E-state index contributed by atoms with van der Waals surface area (Å²) in [5.74, 6) is 1.46. The third-order valence-electron chi connectivity index (χ3n) is 4.34. The number of fused-ring (bicyclic) bond motifs is 1. The number of carbonyl (C=O) groups excluding carboxylic acids is 1. The van der Waals surface area contributed by atoms with E-state index in [0.717, 1.165) is 4.31 Å². The third kappa shape index (κ3) is 4.17. The van der Waals surface area contributed by atoms with Crippen LogP contribution in [0.1, 0.15) is 32.5 Å². The molecular weight excluding hydrogens is 384 g/mol. The lowest BCUT2D eigenvalue weighted by atomic mass is 10.1. The van der Waals surface area contributed by atoms with Gasteiger partial charge in [-0.2, -0.15) is 9.29 Å². The lowest BCUT2D eigenvalue weighted by Gasteiger charge is -2.29. The lowest BCUT2D eigenvalue weighted by Crippen LogP contribution is -2.36. The first kappa shape index (κ1) is 20.3. The molecule has 0 radical (unpaired) electrons. The maximum Gasteiger partial charge on any atom is 0.243 e. The van der Waals surface area contributed by atoms with Crippen LogP contribution in [-0.2, 0) is 27.8 Å². The fraction of sp³-hybridized carbons (Fsp3) is 0.500. The summed E-state index contributed by atoms with van der Waals surface area (Å²) >= 11 is 0. The third-order valence-corrected chi connectivity index (χ3v) is 6.14. The van der Waals surface area contributed by atoms with Gasteiger partial charge in [-0.15, -0.1) is 0 Å². The Morgan fingerprint density at radius 3 is 2.79 bits per heavy atom. The first-order valence-corrected chi connectivity index (χ1v) is 10.4. The monoisotopic (exact) mass is 408 g/mol. The average molecular weight is 408 g/mol. The van der Waals surface area contributed by atoms with E-state index in [1.807, 2.05) is 13.8 Å². The quantitative estimate of drug-likeness (QED) is 0.718. The summed E-state index contributed by atoms with van der Waals surface area (Å²) in [7, 11) is -2.36. The van der Waals surface area contributed by atoms with Crippen LogP contribution < -0.4 is 9.64 Å². The number of hydrogen-bond acceptors (Lipinski definition) is 7. The molecule has 28 heavy (non-hydrogen) atoms. The second kappa shape index (κ2) is 7.88. The van der Waals surface area contributed by atoms with Crippen molar-refractivity contribution in [1.82, 2.24) is 14.4 Å². The smallest absolute Gasteiger partial charge is 0.243 e. The summed E-state index contributed by atoms with van der Waals surface area (Å²) in [4.78, 5) is 17.7. The summed E-state index contributed by atoms with van der Waals surface area (Å²) in [5.41, 5.74) is 0.451. The van der Waals surface area contributed by atoms with Gasteiger partial charge in [0.15, 0.2) is 5.82 Å². The Morgan fingerprint density at radius 2 is 2.11 bits per heavy atom. The van der Waals surface area contributed by atoms with Crippen molar-refractivity contribution in [3.63, 3.8) is 0 Å². The first-order chi connectivity index (χ1) is 13.2. The Balaban J connectivity index is 1.83. The van der Waals surface area contributed by atoms with Crippen molar-refractivity contribution in [2.75, 3.05) is 25.1 Å². The van der Waals surface area contributed by atoms with Gasteiger partial charge in [0.2, 0.25) is 21.8 Å². The fourth-order valence-corrected chi connectivity index (χ4v) is 4.08. The van der Waals surface area contributed by atoms with Crippen LogP contribution in [0.4, 0.5) is 5.69 Å². The van der Waals surface area contributed by atoms with Crippen molar-refractivity contribution in [2.45, 2.75) is 38.6 Å². The van der Waals surface area contributed by atoms with Gasteiger partial charge in [-0.3, -0.25) is 4.79 Å². The first-order valence-electron chi connectivity index (χ1n) is 9.01. The number of rotatable bonds is 6. The zero-order valence-corrected chi connectivity index (χ0v) is 17.2. The highest BCUT2D eigenvalue weighted by Gasteiger charge is 2.27. The Kier molecular flexibility index (Phi) is 5.71. The second-order valence-electron chi connectivity index (χ2n) is 7.11. The van der Waals surface area contributed by atoms with Gasteiger partial charge in [-0.1, -0.05) is 19.0 Å². The van der Waals surface area contributed by atoms with Crippen LogP contribution >= 0.6 is 0 Å². The van der Waals surface area contributed by atoms with E-state index >= 15 is 0 Å². The number of aromatic nitrogens is 2. The minimum absolute atomic E-state index is 0.0199. The highest BCUT2D eigenvalue weighted by atomic mass is 32.2. The maximum absolute atomic E-state index is 13.0. The molecule has 0 N–H and O–H groups in total. The molecule has 9 nitrogen and oxygen atoms in total. The van der Waals surface area contributed by atoms with E-state index in [4.69, 9.17) is 9.26 Å². The normalized spacial score (nSPS) is 14.3. The lowest BCUT2D eigenvalue weighted by molar-refractivity contribution is -0.116. The molecule has 1 aliphatic rings. The minimum Gasteiger partial charge on any atom is -0.490 e. The zero-order valence-electron chi connectivity index (χ0n) is 16.4. The van der Waals surface area contributed by atoms with Crippen LogP contribution in [0, 0.1) is 5.92 Å².